The van der Waals surface area contributed by atoms with E-state index >= 15 is 0 Å². The summed E-state index contributed by atoms with van der Waals surface area (Å²) < 4.78 is 37.9. The molecular formula is C13H10BrF3N2. The standard InChI is InChI=1S/C13H10BrF3N2/c14-9-7-8(13(15,16)17)5-6-11(9)19-12-4-2-1-3-10(12)18/h1-7,19H,18H2. The van der Waals surface area contributed by atoms with Crippen LogP contribution in [0.3, 0.4) is 0 Å². The molecule has 0 heterocycles. The Hall–Kier alpha value is -1.69. The molecule has 3 N–H and O–H groups in total. The minimum atomic E-state index is -4.35. The van der Waals surface area contributed by atoms with E-state index in [2.05, 4.69) is 21.2 Å². The normalized spacial score (nSPS) is 11.4. The Morgan fingerprint density at radius 2 is 1.68 bits per heavy atom. The fourth-order valence-electron chi connectivity index (χ4n) is 1.55. The first-order chi connectivity index (χ1) is 8.88. The van der Waals surface area contributed by atoms with Crippen LogP contribution in [0.5, 0.6) is 0 Å². The van der Waals surface area contributed by atoms with Gasteiger partial charge in [0, 0.05) is 4.47 Å². The van der Waals surface area contributed by atoms with E-state index in [4.69, 9.17) is 5.73 Å². The number of hydrogen-bond donors (Lipinski definition) is 2. The van der Waals surface area contributed by atoms with E-state index in [0.717, 1.165) is 12.1 Å². The zero-order chi connectivity index (χ0) is 14.0. The van der Waals surface area contributed by atoms with Crippen LogP contribution >= 0.6 is 15.9 Å². The molecule has 0 aliphatic carbocycles. The molecule has 0 amide bonds. The summed E-state index contributed by atoms with van der Waals surface area (Å²) in [6.45, 7) is 0. The largest absolute Gasteiger partial charge is 0.416 e. The molecule has 2 nitrogen and oxygen atoms in total. The first-order valence-electron chi connectivity index (χ1n) is 5.36. The van der Waals surface area contributed by atoms with E-state index in [-0.39, 0.29) is 0 Å². The van der Waals surface area contributed by atoms with E-state index in [1.54, 1.807) is 24.3 Å². The second-order valence-electron chi connectivity index (χ2n) is 3.90. The van der Waals surface area contributed by atoms with Crippen LogP contribution in [0.1, 0.15) is 5.56 Å². The number of rotatable bonds is 2. The van der Waals surface area contributed by atoms with Crippen LogP contribution < -0.4 is 11.1 Å². The minimum Gasteiger partial charge on any atom is -0.397 e. The van der Waals surface area contributed by atoms with Gasteiger partial charge >= 0.3 is 6.18 Å². The SMILES string of the molecule is Nc1ccccc1Nc1ccc(C(F)(F)F)cc1Br. The third-order valence-corrected chi connectivity index (χ3v) is 3.18. The smallest absolute Gasteiger partial charge is 0.397 e. The molecule has 0 radical (unpaired) electrons. The van der Waals surface area contributed by atoms with Gasteiger partial charge in [-0.2, -0.15) is 13.2 Å². The van der Waals surface area contributed by atoms with E-state index in [0.29, 0.717) is 21.5 Å². The Labute approximate surface area is 116 Å². The molecule has 19 heavy (non-hydrogen) atoms. The van der Waals surface area contributed by atoms with Crippen LogP contribution in [-0.2, 0) is 6.18 Å². The molecular weight excluding hydrogens is 321 g/mol. The molecule has 6 heteroatoms. The molecule has 0 aliphatic rings. The zero-order valence-corrected chi connectivity index (χ0v) is 11.2. The highest BCUT2D eigenvalue weighted by Gasteiger charge is 2.30. The molecule has 100 valence electrons. The fourth-order valence-corrected chi connectivity index (χ4v) is 2.03. The summed E-state index contributed by atoms with van der Waals surface area (Å²) in [6, 6.07) is 10.4. The highest BCUT2D eigenvalue weighted by molar-refractivity contribution is 9.10. The first kappa shape index (κ1) is 13.7. The zero-order valence-electron chi connectivity index (χ0n) is 9.63. The van der Waals surface area contributed by atoms with Crippen molar-refractivity contribution in [2.75, 3.05) is 11.1 Å². The molecule has 2 rings (SSSR count). The number of para-hydroxylation sites is 2. The Morgan fingerprint density at radius 1 is 1.00 bits per heavy atom. The topological polar surface area (TPSA) is 38.0 Å². The van der Waals surface area contributed by atoms with Crippen molar-refractivity contribution in [1.82, 2.24) is 0 Å². The predicted molar refractivity (Wildman–Crippen MR) is 73.3 cm³/mol. The lowest BCUT2D eigenvalue weighted by molar-refractivity contribution is -0.137. The number of hydrogen-bond acceptors (Lipinski definition) is 2. The number of nitrogen functional groups attached to an aromatic ring is 1. The summed E-state index contributed by atoms with van der Waals surface area (Å²) in [4.78, 5) is 0. The summed E-state index contributed by atoms with van der Waals surface area (Å²) in [5.74, 6) is 0. The Balaban J connectivity index is 2.30. The summed E-state index contributed by atoms with van der Waals surface area (Å²) in [7, 11) is 0. The molecule has 0 saturated carbocycles. The molecule has 0 atom stereocenters. The van der Waals surface area contributed by atoms with Crippen LogP contribution in [0, 0.1) is 0 Å². The second-order valence-corrected chi connectivity index (χ2v) is 4.76. The molecule has 0 unspecified atom stereocenters. The monoisotopic (exact) mass is 330 g/mol. The lowest BCUT2D eigenvalue weighted by atomic mass is 10.2. The van der Waals surface area contributed by atoms with E-state index < -0.39 is 11.7 Å². The molecule has 2 aromatic carbocycles. The van der Waals surface area contributed by atoms with Gasteiger partial charge in [-0.25, -0.2) is 0 Å². The van der Waals surface area contributed by atoms with Crippen molar-refractivity contribution in [1.29, 1.82) is 0 Å². The summed E-state index contributed by atoms with van der Waals surface area (Å²) in [6.07, 6.45) is -4.35. The number of anilines is 3. The second kappa shape index (κ2) is 5.13. The van der Waals surface area contributed by atoms with Gasteiger partial charge in [0.25, 0.3) is 0 Å². The number of nitrogens with one attached hydrogen (secondary N) is 1. The highest BCUT2D eigenvalue weighted by atomic mass is 79.9. The van der Waals surface area contributed by atoms with Gasteiger partial charge in [0.15, 0.2) is 0 Å². The van der Waals surface area contributed by atoms with Crippen LogP contribution in [-0.4, -0.2) is 0 Å². The Morgan fingerprint density at radius 3 is 2.26 bits per heavy atom. The lowest BCUT2D eigenvalue weighted by Crippen LogP contribution is -2.05. The fraction of sp³-hybridized carbons (Fsp3) is 0.0769. The van der Waals surface area contributed by atoms with Gasteiger partial charge < -0.3 is 11.1 Å². The quantitative estimate of drug-likeness (QED) is 0.776. The van der Waals surface area contributed by atoms with Gasteiger partial charge in [0.2, 0.25) is 0 Å². The molecule has 0 aliphatic heterocycles. The molecule has 0 saturated heterocycles. The summed E-state index contributed by atoms with van der Waals surface area (Å²) >= 11 is 3.12. The molecule has 0 fully saturated rings. The van der Waals surface area contributed by atoms with Crippen LogP contribution in [0.25, 0.3) is 0 Å². The Kier molecular flexibility index (Phi) is 3.71. The molecule has 2 aromatic rings. The van der Waals surface area contributed by atoms with Crippen molar-refractivity contribution in [3.05, 3.63) is 52.5 Å². The van der Waals surface area contributed by atoms with Crippen molar-refractivity contribution in [2.24, 2.45) is 0 Å². The summed E-state index contributed by atoms with van der Waals surface area (Å²) in [5, 5.41) is 2.98. The van der Waals surface area contributed by atoms with Gasteiger partial charge in [-0.15, -0.1) is 0 Å². The third-order valence-electron chi connectivity index (χ3n) is 2.53. The minimum absolute atomic E-state index is 0.325. The maximum absolute atomic E-state index is 12.5. The van der Waals surface area contributed by atoms with Crippen molar-refractivity contribution in [3.63, 3.8) is 0 Å². The number of halogens is 4. The van der Waals surface area contributed by atoms with Crippen molar-refractivity contribution in [3.8, 4) is 0 Å². The van der Waals surface area contributed by atoms with Crippen LogP contribution in [0.2, 0.25) is 0 Å². The van der Waals surface area contributed by atoms with Gasteiger partial charge in [-0.1, -0.05) is 12.1 Å². The molecule has 0 spiro atoms. The van der Waals surface area contributed by atoms with Crippen molar-refractivity contribution in [2.45, 2.75) is 6.18 Å². The van der Waals surface area contributed by atoms with Gasteiger partial charge in [0.05, 0.1) is 22.6 Å². The number of alkyl halides is 3. The maximum Gasteiger partial charge on any atom is 0.416 e. The van der Waals surface area contributed by atoms with E-state index in [1.165, 1.54) is 6.07 Å². The molecule has 0 aromatic heterocycles. The van der Waals surface area contributed by atoms with E-state index in [9.17, 15) is 13.2 Å². The first-order valence-corrected chi connectivity index (χ1v) is 6.15. The number of benzene rings is 2. The number of nitrogens with two attached hydrogens (primary N) is 1. The Bertz CT molecular complexity index is 597. The average Bonchev–Trinajstić information content (AvgIpc) is 2.33. The predicted octanol–water partition coefficient (Wildman–Crippen LogP) is 4.79. The van der Waals surface area contributed by atoms with Crippen LogP contribution in [0.4, 0.5) is 30.2 Å². The lowest BCUT2D eigenvalue weighted by Gasteiger charge is -2.13. The van der Waals surface area contributed by atoms with Gasteiger partial charge in [-0.05, 0) is 46.3 Å². The van der Waals surface area contributed by atoms with Crippen molar-refractivity contribution < 1.29 is 13.2 Å². The van der Waals surface area contributed by atoms with Crippen LogP contribution in [0.15, 0.2) is 46.9 Å². The average molecular weight is 331 g/mol. The van der Waals surface area contributed by atoms with Crippen molar-refractivity contribution >= 4 is 33.0 Å². The van der Waals surface area contributed by atoms with Gasteiger partial charge in [-0.3, -0.25) is 0 Å². The molecule has 0 bridgehead atoms. The van der Waals surface area contributed by atoms with Gasteiger partial charge in [0.1, 0.15) is 0 Å². The highest BCUT2D eigenvalue weighted by Crippen LogP contribution is 2.35. The maximum atomic E-state index is 12.5. The van der Waals surface area contributed by atoms with E-state index in [1.807, 2.05) is 0 Å². The summed E-state index contributed by atoms with van der Waals surface area (Å²) in [5.41, 5.74) is 6.74. The third kappa shape index (κ3) is 3.20.